The number of rotatable bonds is 11. The van der Waals surface area contributed by atoms with E-state index in [2.05, 4.69) is 19.9 Å². The summed E-state index contributed by atoms with van der Waals surface area (Å²) in [5, 5.41) is 8.50. The van der Waals surface area contributed by atoms with E-state index in [1.54, 1.807) is 36.4 Å². The highest BCUT2D eigenvalue weighted by molar-refractivity contribution is 7.89. The number of benzene rings is 4. The lowest BCUT2D eigenvalue weighted by Gasteiger charge is -2.12. The zero-order valence-corrected chi connectivity index (χ0v) is 21.9. The standard InChI is InChI=1S/C28H26N4O4S2/c33-37(34,25-17-9-3-10-18-25)31-29-27(23-13-5-1-6-14-23)21-22-28(24-15-7-2-8-16-24)30-32-38(35,36)26-19-11-4-12-20-26/h1-20,31-32H,21-22H2. The number of hydrazone groups is 2. The third kappa shape index (κ3) is 7.15. The molecular weight excluding hydrogens is 520 g/mol. The van der Waals surface area contributed by atoms with Gasteiger partial charge in [0.05, 0.1) is 21.2 Å². The van der Waals surface area contributed by atoms with Gasteiger partial charge in [0.2, 0.25) is 0 Å². The molecule has 0 spiro atoms. The van der Waals surface area contributed by atoms with E-state index < -0.39 is 20.0 Å². The highest BCUT2D eigenvalue weighted by Crippen LogP contribution is 2.14. The Labute approximate surface area is 222 Å². The van der Waals surface area contributed by atoms with Gasteiger partial charge in [0, 0.05) is 0 Å². The van der Waals surface area contributed by atoms with Crippen LogP contribution in [0.5, 0.6) is 0 Å². The van der Waals surface area contributed by atoms with Gasteiger partial charge in [0.15, 0.2) is 0 Å². The third-order valence-corrected chi connectivity index (χ3v) is 7.97. The van der Waals surface area contributed by atoms with Crippen molar-refractivity contribution in [3.8, 4) is 0 Å². The molecule has 0 amide bonds. The zero-order valence-electron chi connectivity index (χ0n) is 20.3. The molecule has 0 atom stereocenters. The maximum absolute atomic E-state index is 12.8. The molecule has 0 fully saturated rings. The third-order valence-electron chi connectivity index (χ3n) is 5.52. The lowest BCUT2D eigenvalue weighted by molar-refractivity contribution is 0.582. The molecule has 38 heavy (non-hydrogen) atoms. The summed E-state index contributed by atoms with van der Waals surface area (Å²) in [5.41, 5.74) is 2.39. The van der Waals surface area contributed by atoms with Crippen LogP contribution >= 0.6 is 0 Å². The van der Waals surface area contributed by atoms with E-state index in [1.807, 2.05) is 60.7 Å². The number of nitrogens with zero attached hydrogens (tertiary/aromatic N) is 2. The molecule has 4 aromatic carbocycles. The van der Waals surface area contributed by atoms with Crippen LogP contribution in [0.1, 0.15) is 24.0 Å². The Hall–Kier alpha value is -4.28. The molecule has 0 saturated heterocycles. The second kappa shape index (κ2) is 12.3. The zero-order chi connectivity index (χ0) is 26.8. The van der Waals surface area contributed by atoms with Gasteiger partial charge in [-0.3, -0.25) is 0 Å². The summed E-state index contributed by atoms with van der Waals surface area (Å²) in [6.45, 7) is 0. The lowest BCUT2D eigenvalue weighted by atomic mass is 10.0. The van der Waals surface area contributed by atoms with Crippen LogP contribution in [0.25, 0.3) is 0 Å². The van der Waals surface area contributed by atoms with Gasteiger partial charge in [-0.2, -0.15) is 36.7 Å². The first-order valence-electron chi connectivity index (χ1n) is 11.7. The van der Waals surface area contributed by atoms with Crippen molar-refractivity contribution in [3.05, 3.63) is 132 Å². The minimum atomic E-state index is -3.87. The van der Waals surface area contributed by atoms with Crippen molar-refractivity contribution in [1.29, 1.82) is 0 Å². The fourth-order valence-corrected chi connectivity index (χ4v) is 5.26. The van der Waals surface area contributed by atoms with Crippen molar-refractivity contribution in [3.63, 3.8) is 0 Å². The molecule has 8 nitrogen and oxygen atoms in total. The number of hydrogen-bond donors (Lipinski definition) is 2. The van der Waals surface area contributed by atoms with Gasteiger partial charge in [-0.25, -0.2) is 0 Å². The van der Waals surface area contributed by atoms with Crippen molar-refractivity contribution in [1.82, 2.24) is 9.66 Å². The minimum absolute atomic E-state index is 0.0954. The highest BCUT2D eigenvalue weighted by atomic mass is 32.2. The monoisotopic (exact) mass is 546 g/mol. The molecule has 4 aromatic rings. The second-order valence-electron chi connectivity index (χ2n) is 8.16. The Balaban J connectivity index is 1.62. The molecule has 0 aliphatic rings. The molecule has 0 heterocycles. The predicted octanol–water partition coefficient (Wildman–Crippen LogP) is 4.53. The van der Waals surface area contributed by atoms with Gasteiger partial charge in [0.1, 0.15) is 0 Å². The quantitative estimate of drug-likeness (QED) is 0.212. The van der Waals surface area contributed by atoms with E-state index in [0.29, 0.717) is 11.4 Å². The maximum Gasteiger partial charge on any atom is 0.276 e. The smallest absolute Gasteiger partial charge is 0.200 e. The fraction of sp³-hybridized carbons (Fsp3) is 0.0714. The van der Waals surface area contributed by atoms with Crippen molar-refractivity contribution in [2.45, 2.75) is 22.6 Å². The maximum atomic E-state index is 12.8. The van der Waals surface area contributed by atoms with Crippen LogP contribution in [-0.4, -0.2) is 28.3 Å². The summed E-state index contributed by atoms with van der Waals surface area (Å²) in [5.74, 6) is 0. The Morgan fingerprint density at radius 3 is 1.08 bits per heavy atom. The normalized spacial score (nSPS) is 12.6. The van der Waals surface area contributed by atoms with E-state index in [-0.39, 0.29) is 22.6 Å². The molecule has 10 heteroatoms. The van der Waals surface area contributed by atoms with Gasteiger partial charge < -0.3 is 0 Å². The first-order valence-corrected chi connectivity index (χ1v) is 14.7. The van der Waals surface area contributed by atoms with E-state index in [0.717, 1.165) is 11.1 Å². The van der Waals surface area contributed by atoms with Crippen molar-refractivity contribution < 1.29 is 16.8 Å². The summed E-state index contributed by atoms with van der Waals surface area (Å²) < 4.78 is 51.0. The van der Waals surface area contributed by atoms with Crippen LogP contribution in [0.4, 0.5) is 0 Å². The Bertz CT molecular complexity index is 1480. The summed E-state index contributed by atoms with van der Waals surface area (Å²) in [7, 11) is -7.75. The SMILES string of the molecule is O=S(=O)(NN=C(CCC(=NNS(=O)(=O)c1ccccc1)c1ccccc1)c1ccccc1)c1ccccc1. The Morgan fingerprint density at radius 1 is 0.474 bits per heavy atom. The van der Waals surface area contributed by atoms with E-state index in [9.17, 15) is 16.8 Å². The van der Waals surface area contributed by atoms with E-state index in [4.69, 9.17) is 0 Å². The molecule has 4 rings (SSSR count). The van der Waals surface area contributed by atoms with Crippen LogP contribution in [0.3, 0.4) is 0 Å². The molecule has 0 aliphatic heterocycles. The summed E-state index contributed by atoms with van der Waals surface area (Å²) in [4.78, 5) is 4.84. The van der Waals surface area contributed by atoms with Crippen LogP contribution in [0.15, 0.2) is 141 Å². The molecule has 0 bridgehead atoms. The average Bonchev–Trinajstić information content (AvgIpc) is 2.96. The van der Waals surface area contributed by atoms with E-state index in [1.165, 1.54) is 24.3 Å². The van der Waals surface area contributed by atoms with Crippen molar-refractivity contribution >= 4 is 31.5 Å². The Morgan fingerprint density at radius 2 is 0.763 bits per heavy atom. The van der Waals surface area contributed by atoms with Crippen LogP contribution in [0, 0.1) is 0 Å². The minimum Gasteiger partial charge on any atom is -0.200 e. The molecular formula is C28H26N4O4S2. The second-order valence-corrected chi connectivity index (χ2v) is 11.5. The van der Waals surface area contributed by atoms with Gasteiger partial charge in [-0.15, -0.1) is 0 Å². The first kappa shape index (κ1) is 26.8. The molecule has 0 aliphatic carbocycles. The van der Waals surface area contributed by atoms with Crippen LogP contribution in [0.2, 0.25) is 0 Å². The largest absolute Gasteiger partial charge is 0.276 e. The van der Waals surface area contributed by atoms with Crippen molar-refractivity contribution in [2.24, 2.45) is 10.2 Å². The molecule has 2 N–H and O–H groups in total. The number of sulfonamides is 2. The predicted molar refractivity (Wildman–Crippen MR) is 149 cm³/mol. The van der Waals surface area contributed by atoms with Gasteiger partial charge >= 0.3 is 0 Å². The molecule has 0 aromatic heterocycles. The summed E-state index contributed by atoms with van der Waals surface area (Å²) in [6.07, 6.45) is 0.560. The first-order chi connectivity index (χ1) is 18.4. The van der Waals surface area contributed by atoms with Gasteiger partial charge in [-0.1, -0.05) is 97.1 Å². The Kier molecular flexibility index (Phi) is 8.67. The van der Waals surface area contributed by atoms with E-state index >= 15 is 0 Å². The van der Waals surface area contributed by atoms with Crippen LogP contribution < -0.4 is 9.66 Å². The van der Waals surface area contributed by atoms with Crippen LogP contribution in [-0.2, 0) is 20.0 Å². The molecule has 0 unspecified atom stereocenters. The topological polar surface area (TPSA) is 117 Å². The fourth-order valence-electron chi connectivity index (χ4n) is 3.56. The summed E-state index contributed by atoms with van der Waals surface area (Å²) >= 11 is 0. The number of nitrogens with one attached hydrogen (secondary N) is 2. The summed E-state index contributed by atoms with van der Waals surface area (Å²) in [6, 6.07) is 34.3. The van der Waals surface area contributed by atoms with Gasteiger partial charge in [0.25, 0.3) is 20.0 Å². The average molecular weight is 547 g/mol. The van der Waals surface area contributed by atoms with Crippen molar-refractivity contribution in [2.75, 3.05) is 0 Å². The van der Waals surface area contributed by atoms with Gasteiger partial charge in [-0.05, 0) is 48.2 Å². The lowest BCUT2D eigenvalue weighted by Crippen LogP contribution is -2.22. The molecule has 194 valence electrons. The highest BCUT2D eigenvalue weighted by Gasteiger charge is 2.16. The molecule has 0 radical (unpaired) electrons. The molecule has 0 saturated carbocycles. The number of hydrogen-bond acceptors (Lipinski definition) is 6.